The van der Waals surface area contributed by atoms with Gasteiger partial charge in [0.05, 0.1) is 6.54 Å². The van der Waals surface area contributed by atoms with Gasteiger partial charge in [-0.15, -0.1) is 10.2 Å². The van der Waals surface area contributed by atoms with Gasteiger partial charge in [-0.2, -0.15) is 0 Å². The van der Waals surface area contributed by atoms with Crippen molar-refractivity contribution in [1.29, 1.82) is 0 Å². The summed E-state index contributed by atoms with van der Waals surface area (Å²) < 4.78 is 5.62. The number of hydrogen-bond donors (Lipinski definition) is 1. The van der Waals surface area contributed by atoms with Crippen molar-refractivity contribution in [2.45, 2.75) is 39.8 Å². The maximum atomic E-state index is 5.62. The molecule has 0 saturated carbocycles. The van der Waals surface area contributed by atoms with Crippen molar-refractivity contribution in [3.8, 4) is 11.5 Å². The smallest absolute Gasteiger partial charge is 0.247 e. The zero-order valence-corrected chi connectivity index (χ0v) is 11.3. The summed E-state index contributed by atoms with van der Waals surface area (Å²) in [7, 11) is 0. The van der Waals surface area contributed by atoms with Crippen LogP contribution in [0.15, 0.2) is 28.7 Å². The van der Waals surface area contributed by atoms with Crippen molar-refractivity contribution < 1.29 is 4.42 Å². The molecule has 0 aliphatic carbocycles. The molecule has 1 N–H and O–H groups in total. The van der Waals surface area contributed by atoms with Crippen LogP contribution in [0.1, 0.15) is 32.2 Å². The van der Waals surface area contributed by atoms with Crippen LogP contribution < -0.4 is 5.32 Å². The molecular formula is C14H19N3O. The first-order chi connectivity index (χ1) is 8.44. The predicted octanol–water partition coefficient (Wildman–Crippen LogP) is 2.93. The second kappa shape index (κ2) is 4.90. The van der Waals surface area contributed by atoms with Gasteiger partial charge in [0.15, 0.2) is 0 Å². The van der Waals surface area contributed by atoms with Crippen LogP contribution in [0.4, 0.5) is 0 Å². The first kappa shape index (κ1) is 12.8. The van der Waals surface area contributed by atoms with E-state index in [1.54, 1.807) is 0 Å². The Hall–Kier alpha value is -1.68. The zero-order valence-electron chi connectivity index (χ0n) is 11.3. The van der Waals surface area contributed by atoms with Crippen LogP contribution in [0.2, 0.25) is 0 Å². The van der Waals surface area contributed by atoms with E-state index >= 15 is 0 Å². The maximum absolute atomic E-state index is 5.62. The third-order valence-corrected chi connectivity index (χ3v) is 2.54. The average molecular weight is 245 g/mol. The summed E-state index contributed by atoms with van der Waals surface area (Å²) in [5.41, 5.74) is 2.21. The Morgan fingerprint density at radius 1 is 1.11 bits per heavy atom. The van der Waals surface area contributed by atoms with Crippen molar-refractivity contribution in [3.63, 3.8) is 0 Å². The molecule has 96 valence electrons. The number of rotatable bonds is 3. The average Bonchev–Trinajstić information content (AvgIpc) is 2.75. The molecule has 0 fully saturated rings. The van der Waals surface area contributed by atoms with Crippen LogP contribution in [0.3, 0.4) is 0 Å². The predicted molar refractivity (Wildman–Crippen MR) is 71.1 cm³/mol. The Kier molecular flexibility index (Phi) is 3.48. The summed E-state index contributed by atoms with van der Waals surface area (Å²) in [6.45, 7) is 8.94. The topological polar surface area (TPSA) is 51.0 Å². The summed E-state index contributed by atoms with van der Waals surface area (Å²) >= 11 is 0. The van der Waals surface area contributed by atoms with E-state index in [4.69, 9.17) is 4.42 Å². The van der Waals surface area contributed by atoms with Gasteiger partial charge < -0.3 is 9.73 Å². The lowest BCUT2D eigenvalue weighted by atomic mass is 10.1. The van der Waals surface area contributed by atoms with Crippen LogP contribution in [0.5, 0.6) is 0 Å². The molecule has 1 aromatic heterocycles. The summed E-state index contributed by atoms with van der Waals surface area (Å²) in [4.78, 5) is 0. The summed E-state index contributed by atoms with van der Waals surface area (Å²) in [6, 6.07) is 8.05. The molecule has 0 saturated heterocycles. The van der Waals surface area contributed by atoms with Crippen molar-refractivity contribution in [1.82, 2.24) is 15.5 Å². The van der Waals surface area contributed by atoms with Gasteiger partial charge in [-0.3, -0.25) is 0 Å². The highest BCUT2D eigenvalue weighted by molar-refractivity contribution is 5.52. The van der Waals surface area contributed by atoms with E-state index in [9.17, 15) is 0 Å². The molecule has 0 radical (unpaired) electrons. The normalized spacial score (nSPS) is 11.8. The molecule has 1 aromatic carbocycles. The van der Waals surface area contributed by atoms with E-state index in [1.165, 1.54) is 5.56 Å². The minimum Gasteiger partial charge on any atom is -0.419 e. The lowest BCUT2D eigenvalue weighted by Crippen LogP contribution is -2.35. The molecule has 0 unspecified atom stereocenters. The Morgan fingerprint density at radius 2 is 1.78 bits per heavy atom. The van der Waals surface area contributed by atoms with Gasteiger partial charge >= 0.3 is 0 Å². The number of nitrogens with zero attached hydrogens (tertiary/aromatic N) is 2. The van der Waals surface area contributed by atoms with E-state index in [0.717, 1.165) is 5.56 Å². The first-order valence-corrected chi connectivity index (χ1v) is 6.08. The molecule has 0 bridgehead atoms. The van der Waals surface area contributed by atoms with Gasteiger partial charge in [0, 0.05) is 11.1 Å². The number of aromatic nitrogens is 2. The van der Waals surface area contributed by atoms with Crippen LogP contribution in [0.25, 0.3) is 11.5 Å². The zero-order chi connectivity index (χ0) is 13.2. The minimum absolute atomic E-state index is 0.0402. The quantitative estimate of drug-likeness (QED) is 0.903. The van der Waals surface area contributed by atoms with Crippen LogP contribution in [0, 0.1) is 6.92 Å². The van der Waals surface area contributed by atoms with Gasteiger partial charge in [0.25, 0.3) is 0 Å². The molecule has 2 aromatic rings. The maximum Gasteiger partial charge on any atom is 0.247 e. The lowest BCUT2D eigenvalue weighted by molar-refractivity contribution is 0.383. The third kappa shape index (κ3) is 3.40. The van der Waals surface area contributed by atoms with Crippen LogP contribution in [-0.2, 0) is 6.54 Å². The second-order valence-electron chi connectivity index (χ2n) is 5.47. The highest BCUT2D eigenvalue weighted by Crippen LogP contribution is 2.18. The molecule has 4 heteroatoms. The monoisotopic (exact) mass is 245 g/mol. The standard InChI is InChI=1S/C14H19N3O/c1-10-5-7-11(8-6-10)13-17-16-12(18-13)9-15-14(2,3)4/h5-8,15H,9H2,1-4H3. The van der Waals surface area contributed by atoms with E-state index in [2.05, 4.69) is 43.2 Å². The summed E-state index contributed by atoms with van der Waals surface area (Å²) in [6.07, 6.45) is 0. The number of hydrogen-bond acceptors (Lipinski definition) is 4. The molecule has 4 nitrogen and oxygen atoms in total. The summed E-state index contributed by atoms with van der Waals surface area (Å²) in [5, 5.41) is 11.4. The Morgan fingerprint density at radius 3 is 2.39 bits per heavy atom. The molecule has 0 aliphatic heterocycles. The van der Waals surface area contributed by atoms with Crippen molar-refractivity contribution in [2.24, 2.45) is 0 Å². The van der Waals surface area contributed by atoms with E-state index in [1.807, 2.05) is 24.3 Å². The van der Waals surface area contributed by atoms with Gasteiger partial charge in [0.1, 0.15) is 0 Å². The van der Waals surface area contributed by atoms with Crippen molar-refractivity contribution >= 4 is 0 Å². The van der Waals surface area contributed by atoms with Crippen molar-refractivity contribution in [3.05, 3.63) is 35.7 Å². The molecule has 0 aliphatic rings. The Labute approximate surface area is 107 Å². The highest BCUT2D eigenvalue weighted by atomic mass is 16.4. The molecule has 18 heavy (non-hydrogen) atoms. The van der Waals surface area contributed by atoms with Gasteiger partial charge in [-0.05, 0) is 39.8 Å². The molecule has 0 spiro atoms. The molecular weight excluding hydrogens is 226 g/mol. The largest absolute Gasteiger partial charge is 0.419 e. The van der Waals surface area contributed by atoms with E-state index < -0.39 is 0 Å². The van der Waals surface area contributed by atoms with Gasteiger partial charge in [0.2, 0.25) is 11.8 Å². The first-order valence-electron chi connectivity index (χ1n) is 6.08. The van der Waals surface area contributed by atoms with Crippen LogP contribution >= 0.6 is 0 Å². The Bertz CT molecular complexity index is 509. The molecule has 0 atom stereocenters. The number of benzene rings is 1. The lowest BCUT2D eigenvalue weighted by Gasteiger charge is -2.18. The van der Waals surface area contributed by atoms with E-state index in [-0.39, 0.29) is 5.54 Å². The second-order valence-corrected chi connectivity index (χ2v) is 5.47. The van der Waals surface area contributed by atoms with Gasteiger partial charge in [-0.1, -0.05) is 17.7 Å². The molecule has 1 heterocycles. The summed E-state index contributed by atoms with van der Waals surface area (Å²) in [5.74, 6) is 1.18. The molecule has 2 rings (SSSR count). The SMILES string of the molecule is Cc1ccc(-c2nnc(CNC(C)(C)C)o2)cc1. The van der Waals surface area contributed by atoms with Crippen molar-refractivity contribution in [2.75, 3.05) is 0 Å². The molecule has 0 amide bonds. The third-order valence-electron chi connectivity index (χ3n) is 2.54. The fourth-order valence-corrected chi connectivity index (χ4v) is 1.48. The minimum atomic E-state index is 0.0402. The van der Waals surface area contributed by atoms with Gasteiger partial charge in [-0.25, -0.2) is 0 Å². The fraction of sp³-hybridized carbons (Fsp3) is 0.429. The van der Waals surface area contributed by atoms with Crippen LogP contribution in [-0.4, -0.2) is 15.7 Å². The Balaban J connectivity index is 2.08. The fourth-order valence-electron chi connectivity index (χ4n) is 1.48. The number of aryl methyl sites for hydroxylation is 1. The highest BCUT2D eigenvalue weighted by Gasteiger charge is 2.12. The number of nitrogens with one attached hydrogen (secondary N) is 1. The van der Waals surface area contributed by atoms with E-state index in [0.29, 0.717) is 18.3 Å².